The van der Waals surface area contributed by atoms with Crippen LogP contribution in [0.15, 0.2) is 0 Å². The first-order valence-corrected chi connectivity index (χ1v) is 5.15. The van der Waals surface area contributed by atoms with Crippen molar-refractivity contribution in [1.82, 2.24) is 5.32 Å². The fourth-order valence-electron chi connectivity index (χ4n) is 1.73. The number of amides is 1. The summed E-state index contributed by atoms with van der Waals surface area (Å²) in [5.41, 5.74) is 5.83. The van der Waals surface area contributed by atoms with Crippen molar-refractivity contribution in [2.24, 2.45) is 11.7 Å². The van der Waals surface area contributed by atoms with E-state index >= 15 is 0 Å². The van der Waals surface area contributed by atoms with Crippen molar-refractivity contribution in [2.45, 2.75) is 51.6 Å². The van der Waals surface area contributed by atoms with Gasteiger partial charge in [0.25, 0.3) is 0 Å². The molecule has 0 aliphatic heterocycles. The lowest BCUT2D eigenvalue weighted by Gasteiger charge is -2.27. The molecule has 3 N–H and O–H groups in total. The summed E-state index contributed by atoms with van der Waals surface area (Å²) in [5.74, 6) is 0.234. The van der Waals surface area contributed by atoms with Gasteiger partial charge in [-0.15, -0.1) is 0 Å². The lowest BCUT2D eigenvalue weighted by Crippen LogP contribution is -2.43. The SMILES string of the molecule is CC(C)C(=O)NC1CCCC(N)C1. The van der Waals surface area contributed by atoms with Gasteiger partial charge in [0.2, 0.25) is 5.91 Å². The number of hydrogen-bond acceptors (Lipinski definition) is 2. The molecule has 76 valence electrons. The van der Waals surface area contributed by atoms with E-state index in [1.807, 2.05) is 13.8 Å². The van der Waals surface area contributed by atoms with Gasteiger partial charge < -0.3 is 11.1 Å². The molecule has 3 nitrogen and oxygen atoms in total. The van der Waals surface area contributed by atoms with Gasteiger partial charge in [-0.2, -0.15) is 0 Å². The molecule has 1 rings (SSSR count). The lowest BCUT2D eigenvalue weighted by molar-refractivity contribution is -0.124. The standard InChI is InChI=1S/C10H20N2O/c1-7(2)10(13)12-9-5-3-4-8(11)6-9/h7-9H,3-6,11H2,1-2H3,(H,12,13). The Labute approximate surface area is 80.1 Å². The Hall–Kier alpha value is -0.570. The van der Waals surface area contributed by atoms with Crippen LogP contribution in [0.25, 0.3) is 0 Å². The zero-order valence-corrected chi connectivity index (χ0v) is 8.55. The zero-order valence-electron chi connectivity index (χ0n) is 8.55. The molecule has 1 amide bonds. The number of carbonyl (C=O) groups excluding carboxylic acids is 1. The van der Waals surface area contributed by atoms with Crippen LogP contribution in [0.2, 0.25) is 0 Å². The van der Waals surface area contributed by atoms with Crippen LogP contribution in [0.5, 0.6) is 0 Å². The second kappa shape index (κ2) is 4.61. The fourth-order valence-corrected chi connectivity index (χ4v) is 1.73. The van der Waals surface area contributed by atoms with Crippen LogP contribution in [-0.4, -0.2) is 18.0 Å². The summed E-state index contributed by atoms with van der Waals surface area (Å²) >= 11 is 0. The van der Waals surface area contributed by atoms with E-state index in [9.17, 15) is 4.79 Å². The van der Waals surface area contributed by atoms with Crippen molar-refractivity contribution >= 4 is 5.91 Å². The Morgan fingerprint density at radius 1 is 1.46 bits per heavy atom. The summed E-state index contributed by atoms with van der Waals surface area (Å²) < 4.78 is 0. The summed E-state index contributed by atoms with van der Waals surface area (Å²) in [4.78, 5) is 11.4. The molecule has 0 spiro atoms. The molecule has 1 aliphatic carbocycles. The molecule has 13 heavy (non-hydrogen) atoms. The summed E-state index contributed by atoms with van der Waals surface area (Å²) in [6.07, 6.45) is 4.28. The first kappa shape index (κ1) is 10.5. The molecule has 3 heteroatoms. The maximum atomic E-state index is 11.4. The van der Waals surface area contributed by atoms with Crippen LogP contribution >= 0.6 is 0 Å². The number of nitrogens with two attached hydrogens (primary N) is 1. The van der Waals surface area contributed by atoms with Gasteiger partial charge in [0, 0.05) is 18.0 Å². The molecule has 2 atom stereocenters. The van der Waals surface area contributed by atoms with Crippen molar-refractivity contribution in [3.63, 3.8) is 0 Å². The molecule has 1 aliphatic rings. The molecule has 0 heterocycles. The van der Waals surface area contributed by atoms with Crippen molar-refractivity contribution < 1.29 is 4.79 Å². The average Bonchev–Trinajstić information content (AvgIpc) is 2.04. The van der Waals surface area contributed by atoms with Crippen LogP contribution in [0.3, 0.4) is 0 Å². The van der Waals surface area contributed by atoms with E-state index in [2.05, 4.69) is 5.32 Å². The van der Waals surface area contributed by atoms with Crippen LogP contribution in [0, 0.1) is 5.92 Å². The maximum absolute atomic E-state index is 11.4. The maximum Gasteiger partial charge on any atom is 0.222 e. The van der Waals surface area contributed by atoms with E-state index in [0.29, 0.717) is 6.04 Å². The van der Waals surface area contributed by atoms with Crippen LogP contribution in [0.1, 0.15) is 39.5 Å². The number of nitrogens with one attached hydrogen (secondary N) is 1. The third-order valence-corrected chi connectivity index (χ3v) is 2.59. The van der Waals surface area contributed by atoms with Gasteiger partial charge in [-0.1, -0.05) is 13.8 Å². The van der Waals surface area contributed by atoms with Gasteiger partial charge in [-0.3, -0.25) is 4.79 Å². The van der Waals surface area contributed by atoms with Crippen LogP contribution in [0.4, 0.5) is 0 Å². The third-order valence-electron chi connectivity index (χ3n) is 2.59. The van der Waals surface area contributed by atoms with Crippen molar-refractivity contribution in [3.8, 4) is 0 Å². The van der Waals surface area contributed by atoms with E-state index in [4.69, 9.17) is 5.73 Å². The van der Waals surface area contributed by atoms with E-state index in [-0.39, 0.29) is 17.9 Å². The Morgan fingerprint density at radius 2 is 2.15 bits per heavy atom. The van der Waals surface area contributed by atoms with Gasteiger partial charge in [0.15, 0.2) is 0 Å². The first-order chi connectivity index (χ1) is 6.09. The minimum atomic E-state index is 0.0816. The number of carbonyl (C=O) groups is 1. The molecule has 0 saturated heterocycles. The predicted molar refractivity (Wildman–Crippen MR) is 53.2 cm³/mol. The summed E-state index contributed by atoms with van der Waals surface area (Å²) in [5, 5.41) is 3.03. The molecule has 2 unspecified atom stereocenters. The van der Waals surface area contributed by atoms with Crippen molar-refractivity contribution in [2.75, 3.05) is 0 Å². The molecule has 0 aromatic carbocycles. The second-order valence-electron chi connectivity index (χ2n) is 4.29. The van der Waals surface area contributed by atoms with Crippen molar-refractivity contribution in [3.05, 3.63) is 0 Å². The summed E-state index contributed by atoms with van der Waals surface area (Å²) in [7, 11) is 0. The Balaban J connectivity index is 2.31. The highest BCUT2D eigenvalue weighted by Crippen LogP contribution is 2.17. The van der Waals surface area contributed by atoms with Crippen molar-refractivity contribution in [1.29, 1.82) is 0 Å². The lowest BCUT2D eigenvalue weighted by atomic mass is 9.91. The largest absolute Gasteiger partial charge is 0.353 e. The molecule has 0 radical (unpaired) electrons. The Morgan fingerprint density at radius 3 is 2.69 bits per heavy atom. The van der Waals surface area contributed by atoms with Gasteiger partial charge in [-0.25, -0.2) is 0 Å². The van der Waals surface area contributed by atoms with Gasteiger partial charge in [-0.05, 0) is 25.7 Å². The quantitative estimate of drug-likeness (QED) is 0.673. The molecule has 0 bridgehead atoms. The van der Waals surface area contributed by atoms with E-state index < -0.39 is 0 Å². The summed E-state index contributed by atoms with van der Waals surface area (Å²) in [6, 6.07) is 0.602. The monoisotopic (exact) mass is 184 g/mol. The minimum Gasteiger partial charge on any atom is -0.353 e. The Bertz CT molecular complexity index is 180. The molecular weight excluding hydrogens is 164 g/mol. The predicted octanol–water partition coefficient (Wildman–Crippen LogP) is 1.03. The molecule has 1 fully saturated rings. The molecule has 1 saturated carbocycles. The smallest absolute Gasteiger partial charge is 0.222 e. The van der Waals surface area contributed by atoms with Crippen LogP contribution < -0.4 is 11.1 Å². The van der Waals surface area contributed by atoms with Gasteiger partial charge in [0.1, 0.15) is 0 Å². The minimum absolute atomic E-state index is 0.0816. The summed E-state index contributed by atoms with van der Waals surface area (Å²) in [6.45, 7) is 3.83. The van der Waals surface area contributed by atoms with E-state index in [1.54, 1.807) is 0 Å². The third kappa shape index (κ3) is 3.35. The molecule has 0 aromatic heterocycles. The van der Waals surface area contributed by atoms with Crippen LogP contribution in [-0.2, 0) is 4.79 Å². The highest BCUT2D eigenvalue weighted by molar-refractivity contribution is 5.78. The van der Waals surface area contributed by atoms with Gasteiger partial charge in [0.05, 0.1) is 0 Å². The second-order valence-corrected chi connectivity index (χ2v) is 4.29. The number of rotatable bonds is 2. The Kier molecular flexibility index (Phi) is 3.72. The van der Waals surface area contributed by atoms with E-state index in [0.717, 1.165) is 25.7 Å². The molecular formula is C10H20N2O. The normalized spacial score (nSPS) is 28.9. The highest BCUT2D eigenvalue weighted by atomic mass is 16.1. The highest BCUT2D eigenvalue weighted by Gasteiger charge is 2.21. The number of hydrogen-bond donors (Lipinski definition) is 2. The fraction of sp³-hybridized carbons (Fsp3) is 0.900. The van der Waals surface area contributed by atoms with Gasteiger partial charge >= 0.3 is 0 Å². The first-order valence-electron chi connectivity index (χ1n) is 5.15. The zero-order chi connectivity index (χ0) is 9.84. The molecule has 0 aromatic rings. The average molecular weight is 184 g/mol. The van der Waals surface area contributed by atoms with E-state index in [1.165, 1.54) is 0 Å². The topological polar surface area (TPSA) is 55.1 Å².